The van der Waals surface area contributed by atoms with Crippen molar-refractivity contribution in [1.29, 1.82) is 0 Å². The molecule has 0 bridgehead atoms. The molecule has 3 heterocycles. The zero-order valence-electron chi connectivity index (χ0n) is 16.5. The Kier molecular flexibility index (Phi) is 5.20. The van der Waals surface area contributed by atoms with E-state index in [0.717, 1.165) is 38.0 Å². The highest BCUT2D eigenvalue weighted by Crippen LogP contribution is 2.38. The van der Waals surface area contributed by atoms with E-state index in [1.165, 1.54) is 32.1 Å². The van der Waals surface area contributed by atoms with Gasteiger partial charge in [0.1, 0.15) is 6.04 Å². The molecule has 2 N–H and O–H groups in total. The van der Waals surface area contributed by atoms with Gasteiger partial charge in [0.15, 0.2) is 0 Å². The molecular formula is C21H31N5O2. The third-order valence-electron chi connectivity index (χ3n) is 6.99. The number of amides is 1. The minimum Gasteiger partial charge on any atom is -0.476 e. The van der Waals surface area contributed by atoms with Crippen molar-refractivity contribution in [1.82, 2.24) is 25.9 Å². The fourth-order valence-electron chi connectivity index (χ4n) is 5.01. The number of nitrogens with one attached hydrogen (secondary N) is 2. The van der Waals surface area contributed by atoms with Gasteiger partial charge in [-0.25, -0.2) is 5.43 Å². The Morgan fingerprint density at radius 1 is 1.04 bits per heavy atom. The summed E-state index contributed by atoms with van der Waals surface area (Å²) in [7, 11) is 0. The fraction of sp³-hybridized carbons (Fsp3) is 0.762. The van der Waals surface area contributed by atoms with Crippen LogP contribution in [-0.2, 0) is 4.79 Å². The molecule has 3 unspecified atom stereocenters. The van der Waals surface area contributed by atoms with Crippen molar-refractivity contribution in [2.75, 3.05) is 19.7 Å². The van der Waals surface area contributed by atoms with Gasteiger partial charge in [0.2, 0.25) is 11.8 Å². The highest BCUT2D eigenvalue weighted by Gasteiger charge is 2.43. The summed E-state index contributed by atoms with van der Waals surface area (Å²) in [6, 6.07) is 4.42. The van der Waals surface area contributed by atoms with E-state index in [-0.39, 0.29) is 11.9 Å². The van der Waals surface area contributed by atoms with Crippen LogP contribution in [0.25, 0.3) is 0 Å². The number of rotatable bonds is 5. The molecule has 7 nitrogen and oxygen atoms in total. The topological polar surface area (TPSA) is 79.4 Å². The number of ether oxygens (including phenoxy) is 1. The number of hydrogen-bond donors (Lipinski definition) is 2. The maximum atomic E-state index is 13.0. The number of fused-ring (bicyclic) bond motifs is 1. The molecule has 1 amide bonds. The van der Waals surface area contributed by atoms with Crippen LogP contribution < -0.4 is 15.6 Å². The summed E-state index contributed by atoms with van der Waals surface area (Å²) in [5.74, 6) is 2.46. The fourth-order valence-corrected chi connectivity index (χ4v) is 5.01. The maximum absolute atomic E-state index is 13.0. The SMILES string of the molecule is O=C(C1NNC2CCCCC21)N1CCC(COc2ccc(C3CC3)nn2)CC1. The molecule has 2 saturated carbocycles. The first-order valence-electron chi connectivity index (χ1n) is 11.0. The van der Waals surface area contributed by atoms with Gasteiger partial charge in [-0.3, -0.25) is 10.2 Å². The van der Waals surface area contributed by atoms with E-state index in [4.69, 9.17) is 4.74 Å². The summed E-state index contributed by atoms with van der Waals surface area (Å²) in [6.45, 7) is 2.32. The Bertz CT molecular complexity index is 685. The average Bonchev–Trinajstić information content (AvgIpc) is 3.51. The molecule has 0 radical (unpaired) electrons. The predicted molar refractivity (Wildman–Crippen MR) is 105 cm³/mol. The summed E-state index contributed by atoms with van der Waals surface area (Å²) in [5.41, 5.74) is 7.74. The Morgan fingerprint density at radius 3 is 2.61 bits per heavy atom. The lowest BCUT2D eigenvalue weighted by molar-refractivity contribution is -0.135. The first-order chi connectivity index (χ1) is 13.8. The molecule has 0 aromatic carbocycles. The highest BCUT2D eigenvalue weighted by molar-refractivity contribution is 5.82. The standard InChI is InChI=1S/C21H31N5O2/c27-21(20-16-3-1-2-4-18(16)23-25-20)26-11-9-14(10-12-26)13-28-19-8-7-17(22-24-19)15-5-6-15/h7-8,14-16,18,20,23,25H,1-6,9-13H2. The lowest BCUT2D eigenvalue weighted by atomic mass is 9.81. The molecule has 152 valence electrons. The summed E-state index contributed by atoms with van der Waals surface area (Å²) < 4.78 is 5.87. The third-order valence-corrected chi connectivity index (χ3v) is 6.99. The van der Waals surface area contributed by atoms with Crippen molar-refractivity contribution < 1.29 is 9.53 Å². The number of carbonyl (C=O) groups is 1. The Hall–Kier alpha value is -1.73. The van der Waals surface area contributed by atoms with E-state index < -0.39 is 0 Å². The van der Waals surface area contributed by atoms with Gasteiger partial charge >= 0.3 is 0 Å². The van der Waals surface area contributed by atoms with Crippen LogP contribution in [0.2, 0.25) is 0 Å². The van der Waals surface area contributed by atoms with Crippen molar-refractivity contribution in [2.24, 2.45) is 11.8 Å². The predicted octanol–water partition coefficient (Wildman–Crippen LogP) is 2.01. The first-order valence-corrected chi connectivity index (χ1v) is 11.0. The number of hydrogen-bond acceptors (Lipinski definition) is 6. The van der Waals surface area contributed by atoms with Crippen molar-refractivity contribution in [3.8, 4) is 5.88 Å². The summed E-state index contributed by atoms with van der Waals surface area (Å²) >= 11 is 0. The zero-order valence-corrected chi connectivity index (χ0v) is 16.5. The molecule has 4 aliphatic rings. The maximum Gasteiger partial charge on any atom is 0.241 e. The second kappa shape index (κ2) is 7.95. The lowest BCUT2D eigenvalue weighted by Gasteiger charge is -2.35. The van der Waals surface area contributed by atoms with Gasteiger partial charge in [-0.1, -0.05) is 12.8 Å². The first kappa shape index (κ1) is 18.3. The minimum atomic E-state index is -0.0432. The molecule has 1 aromatic rings. The van der Waals surface area contributed by atoms with Crippen LogP contribution in [-0.4, -0.2) is 52.8 Å². The summed E-state index contributed by atoms with van der Waals surface area (Å²) in [4.78, 5) is 15.1. The molecule has 2 aliphatic carbocycles. The van der Waals surface area contributed by atoms with Gasteiger partial charge in [-0.05, 0) is 50.5 Å². The van der Waals surface area contributed by atoms with E-state index >= 15 is 0 Å². The molecule has 5 rings (SSSR count). The second-order valence-corrected chi connectivity index (χ2v) is 8.97. The number of piperidine rings is 1. The number of likely N-dealkylation sites (tertiary alicyclic amines) is 1. The van der Waals surface area contributed by atoms with E-state index in [1.807, 2.05) is 12.1 Å². The Morgan fingerprint density at radius 2 is 1.86 bits per heavy atom. The zero-order chi connectivity index (χ0) is 18.9. The average molecular weight is 386 g/mol. The molecule has 2 aliphatic heterocycles. The van der Waals surface area contributed by atoms with Gasteiger partial charge in [0, 0.05) is 37.0 Å². The van der Waals surface area contributed by atoms with Crippen LogP contribution in [0.4, 0.5) is 0 Å². The molecule has 7 heteroatoms. The molecule has 0 spiro atoms. The minimum absolute atomic E-state index is 0.0432. The largest absolute Gasteiger partial charge is 0.476 e. The second-order valence-electron chi connectivity index (χ2n) is 8.97. The number of aromatic nitrogens is 2. The molecule has 4 fully saturated rings. The number of nitrogens with zero attached hydrogens (tertiary/aromatic N) is 3. The Balaban J connectivity index is 1.08. The van der Waals surface area contributed by atoms with Crippen LogP contribution >= 0.6 is 0 Å². The number of carbonyl (C=O) groups excluding carboxylic acids is 1. The quantitative estimate of drug-likeness (QED) is 0.807. The molecule has 28 heavy (non-hydrogen) atoms. The molecule has 3 atom stereocenters. The smallest absolute Gasteiger partial charge is 0.241 e. The third kappa shape index (κ3) is 3.87. The molecule has 1 aromatic heterocycles. The van der Waals surface area contributed by atoms with Gasteiger partial charge in [0.05, 0.1) is 12.3 Å². The van der Waals surface area contributed by atoms with E-state index in [2.05, 4.69) is 25.9 Å². The van der Waals surface area contributed by atoms with Crippen LogP contribution in [0.15, 0.2) is 12.1 Å². The van der Waals surface area contributed by atoms with Crippen LogP contribution in [0.3, 0.4) is 0 Å². The van der Waals surface area contributed by atoms with E-state index in [0.29, 0.717) is 36.3 Å². The van der Waals surface area contributed by atoms with E-state index in [1.54, 1.807) is 0 Å². The van der Waals surface area contributed by atoms with Gasteiger partial charge in [-0.15, -0.1) is 5.10 Å². The lowest BCUT2D eigenvalue weighted by Crippen LogP contribution is -2.50. The monoisotopic (exact) mass is 385 g/mol. The van der Waals surface area contributed by atoms with Crippen molar-refractivity contribution in [2.45, 2.75) is 69.4 Å². The van der Waals surface area contributed by atoms with Crippen LogP contribution in [0, 0.1) is 11.8 Å². The van der Waals surface area contributed by atoms with Crippen LogP contribution in [0.5, 0.6) is 5.88 Å². The molecular weight excluding hydrogens is 354 g/mol. The molecule has 2 saturated heterocycles. The summed E-state index contributed by atoms with van der Waals surface area (Å²) in [5, 5.41) is 8.48. The van der Waals surface area contributed by atoms with Gasteiger partial charge in [-0.2, -0.15) is 5.10 Å². The van der Waals surface area contributed by atoms with Crippen molar-refractivity contribution >= 4 is 5.91 Å². The van der Waals surface area contributed by atoms with Gasteiger partial charge < -0.3 is 9.64 Å². The van der Waals surface area contributed by atoms with Crippen LogP contribution in [0.1, 0.15) is 63.0 Å². The normalized spacial score (nSPS) is 30.9. The van der Waals surface area contributed by atoms with Gasteiger partial charge in [0.25, 0.3) is 0 Å². The Labute approximate surface area is 166 Å². The van der Waals surface area contributed by atoms with Crippen molar-refractivity contribution in [3.63, 3.8) is 0 Å². The summed E-state index contributed by atoms with van der Waals surface area (Å²) in [6.07, 6.45) is 9.33. The number of hydrazine groups is 1. The van der Waals surface area contributed by atoms with Crippen molar-refractivity contribution in [3.05, 3.63) is 17.8 Å². The highest BCUT2D eigenvalue weighted by atomic mass is 16.5. The van der Waals surface area contributed by atoms with E-state index in [9.17, 15) is 4.79 Å².